The van der Waals surface area contributed by atoms with Gasteiger partial charge in [0.2, 0.25) is 65.0 Å². The van der Waals surface area contributed by atoms with E-state index in [1.165, 1.54) is 6.92 Å². The van der Waals surface area contributed by atoms with Crippen LogP contribution in [-0.2, 0) is 64.0 Å². The first-order chi connectivity index (χ1) is 40.7. The zero-order valence-electron chi connectivity index (χ0n) is 49.5. The number of carboxylic acids is 1. The van der Waals surface area contributed by atoms with E-state index in [0.29, 0.717) is 31.2 Å². The highest BCUT2D eigenvalue weighted by Gasteiger charge is 2.34. The van der Waals surface area contributed by atoms with Gasteiger partial charge in [0, 0.05) is 19.5 Å². The average molecular weight is 1220 g/mol. The summed E-state index contributed by atoms with van der Waals surface area (Å²) in [5.41, 5.74) is 33.7. The molecule has 0 fully saturated rings. The monoisotopic (exact) mass is 1220 g/mol. The van der Waals surface area contributed by atoms with Crippen LogP contribution in [0.15, 0.2) is 40.3 Å². The lowest BCUT2D eigenvalue weighted by molar-refractivity contribution is -0.139. The summed E-state index contributed by atoms with van der Waals surface area (Å²) in [4.78, 5) is 166. The van der Waals surface area contributed by atoms with Crippen molar-refractivity contribution in [1.82, 2.24) is 58.5 Å². The molecule has 33 nitrogen and oxygen atoms in total. The molecule has 25 N–H and O–H groups in total. The first-order valence-electron chi connectivity index (χ1n) is 28.3. The molecule has 1 rings (SSSR count). The van der Waals surface area contributed by atoms with E-state index in [-0.39, 0.29) is 70.1 Å². The number of nitrogens with two attached hydrogens (primary N) is 6. The molecule has 482 valence electrons. The van der Waals surface area contributed by atoms with E-state index in [4.69, 9.17) is 39.5 Å². The van der Waals surface area contributed by atoms with Crippen molar-refractivity contribution in [3.8, 4) is 0 Å². The van der Waals surface area contributed by atoms with Gasteiger partial charge in [-0.25, -0.2) is 0 Å². The number of amides is 11. The Balaban J connectivity index is 3.25. The molecule has 0 aliphatic rings. The van der Waals surface area contributed by atoms with Gasteiger partial charge >= 0.3 is 5.97 Å². The van der Waals surface area contributed by atoms with Gasteiger partial charge in [0.05, 0.1) is 32.3 Å². The number of unbranched alkanes of at least 4 members (excludes halogenated alkanes) is 1. The molecule has 0 aromatic heterocycles. The van der Waals surface area contributed by atoms with E-state index < -0.39 is 164 Å². The number of carboxylic acid groups (broad SMARTS) is 1. The predicted molar refractivity (Wildman–Crippen MR) is 316 cm³/mol. The summed E-state index contributed by atoms with van der Waals surface area (Å²) in [6.07, 6.45) is 1.90. The molecule has 0 spiro atoms. The van der Waals surface area contributed by atoms with Crippen molar-refractivity contribution in [1.29, 1.82) is 0 Å². The third-order valence-electron chi connectivity index (χ3n) is 13.2. The largest absolute Gasteiger partial charge is 0.480 e. The Morgan fingerprint density at radius 3 is 1.24 bits per heavy atom. The lowest BCUT2D eigenvalue weighted by Gasteiger charge is -2.27. The molecule has 0 heterocycles. The zero-order chi connectivity index (χ0) is 64.9. The van der Waals surface area contributed by atoms with Crippen LogP contribution in [0.3, 0.4) is 0 Å². The molecule has 11 amide bonds. The van der Waals surface area contributed by atoms with Gasteiger partial charge in [0.1, 0.15) is 48.8 Å². The summed E-state index contributed by atoms with van der Waals surface area (Å²) in [6, 6.07) is -1.78. The zero-order valence-corrected chi connectivity index (χ0v) is 49.5. The Hall–Kier alpha value is -8.72. The number of carbonyl (C=O) groups excluding carboxylic acids is 11. The van der Waals surface area contributed by atoms with Crippen molar-refractivity contribution >= 4 is 82.9 Å². The van der Waals surface area contributed by atoms with Gasteiger partial charge in [-0.3, -0.25) is 67.5 Å². The number of rotatable bonds is 42. The molecule has 1 aromatic carbocycles. The summed E-state index contributed by atoms with van der Waals surface area (Å²) >= 11 is 0. The van der Waals surface area contributed by atoms with Crippen LogP contribution >= 0.6 is 0 Å². The van der Waals surface area contributed by atoms with Gasteiger partial charge < -0.3 is 103 Å². The highest BCUT2D eigenvalue weighted by Crippen LogP contribution is 2.12. The Morgan fingerprint density at radius 2 is 0.860 bits per heavy atom. The molecular weight excluding hydrogens is 1130 g/mol. The number of aliphatic hydroxyl groups is 1. The number of benzene rings is 1. The normalized spacial score (nSPS) is 14.3. The molecule has 0 unspecified atom stereocenters. The van der Waals surface area contributed by atoms with Crippen molar-refractivity contribution in [3.05, 3.63) is 35.9 Å². The van der Waals surface area contributed by atoms with Crippen LogP contribution in [0.4, 0.5) is 0 Å². The van der Waals surface area contributed by atoms with Gasteiger partial charge in [0.25, 0.3) is 0 Å². The smallest absolute Gasteiger partial charge is 0.322 e. The fraction of sp³-hybridized carbons (Fsp3) is 0.623. The summed E-state index contributed by atoms with van der Waals surface area (Å²) in [5.74, 6) is -11.9. The number of hydrogen-bond donors (Lipinski definition) is 19. The summed E-state index contributed by atoms with van der Waals surface area (Å²) in [7, 11) is 0. The Labute approximate surface area is 499 Å². The SMILES string of the molecule is CC[C@H](C)[C@H](NC(=O)CNC(=O)[C@H](CCCN=C(N)N)NC(=O)[C@H](C)N)C(=O)N[C@@H](CCCCN)C(=O)NCC(=O)N[C@H](C(=O)N[C@@H](CCCN=C(N)N)C(=O)NCC(=O)N[C@@H](Cc1ccccc1)C(=O)N[C@@H](CO)C(=O)NCC(=O)O)[C@@H](C)CC. The van der Waals surface area contributed by atoms with Gasteiger partial charge in [-0.15, -0.1) is 0 Å². The van der Waals surface area contributed by atoms with E-state index in [0.717, 1.165) is 0 Å². The molecule has 0 aliphatic heterocycles. The Bertz CT molecular complexity index is 2460. The second-order valence-corrected chi connectivity index (χ2v) is 20.3. The first-order valence-corrected chi connectivity index (χ1v) is 28.3. The minimum Gasteiger partial charge on any atom is -0.480 e. The van der Waals surface area contributed by atoms with Crippen LogP contribution in [0.5, 0.6) is 0 Å². The third kappa shape index (κ3) is 30.7. The van der Waals surface area contributed by atoms with E-state index >= 15 is 0 Å². The van der Waals surface area contributed by atoms with E-state index in [9.17, 15) is 62.6 Å². The number of guanidine groups is 2. The molecule has 33 heteroatoms. The molecule has 86 heavy (non-hydrogen) atoms. The van der Waals surface area contributed by atoms with Crippen molar-refractivity contribution in [3.63, 3.8) is 0 Å². The standard InChI is InChI=1S/C53H91N19O14/c1-6-29(3)42(71-40(76)26-64-46(81)34(67-44(79)31(5)55)18-13-21-60-52(56)57)50(85)68-33(17-11-12-20-54)45(80)63-25-39(75)72-43(30(4)7-2)51(86)69-35(19-14-22-61-53(58)59)47(82)62-24-38(74)66-36(23-32-15-9-8-10-16-32)49(84)70-37(28-73)48(83)65-27-41(77)78/h8-10,15-16,29-31,33-37,42-43,73H,6-7,11-14,17-28,54-55H2,1-5H3,(H,62,82)(H,63,80)(H,64,81)(H,65,83)(H,66,74)(H,67,79)(H,68,85)(H,69,86)(H,70,84)(H,71,76)(H,72,75)(H,77,78)(H4,56,57,60)(H4,58,59,61)/t29-,30-,31-,33-,34-,35-,36-,37-,42-,43-/m0/s1. The van der Waals surface area contributed by atoms with Crippen molar-refractivity contribution < 1.29 is 67.7 Å². The van der Waals surface area contributed by atoms with Crippen LogP contribution in [0.1, 0.15) is 98.0 Å². The highest BCUT2D eigenvalue weighted by molar-refractivity contribution is 5.98. The molecule has 0 bridgehead atoms. The number of nitrogens with zero attached hydrogens (tertiary/aromatic N) is 2. The van der Waals surface area contributed by atoms with E-state index in [2.05, 4.69) is 63.2 Å². The Kier molecular flexibility index (Phi) is 36.2. The maximum atomic E-state index is 14.1. The summed E-state index contributed by atoms with van der Waals surface area (Å²) in [6.45, 7) is 4.96. The molecular formula is C53H91N19O14. The van der Waals surface area contributed by atoms with Crippen LogP contribution in [0.25, 0.3) is 0 Å². The molecule has 0 radical (unpaired) electrons. The van der Waals surface area contributed by atoms with Gasteiger partial charge in [-0.2, -0.15) is 0 Å². The summed E-state index contributed by atoms with van der Waals surface area (Å²) in [5, 5.41) is 45.9. The lowest BCUT2D eigenvalue weighted by atomic mass is 9.97. The Morgan fingerprint density at radius 1 is 0.477 bits per heavy atom. The van der Waals surface area contributed by atoms with Crippen molar-refractivity contribution in [2.24, 2.45) is 56.2 Å². The minimum absolute atomic E-state index is 0.0254. The number of aliphatic imine (C=N–C) groups is 2. The first kappa shape index (κ1) is 75.3. The molecule has 0 saturated carbocycles. The number of hydrogen-bond acceptors (Lipinski definition) is 17. The van der Waals surface area contributed by atoms with Gasteiger partial charge in [-0.1, -0.05) is 70.9 Å². The number of nitrogens with one attached hydrogen (secondary N) is 11. The van der Waals surface area contributed by atoms with Crippen LogP contribution in [0, 0.1) is 11.8 Å². The second-order valence-electron chi connectivity index (χ2n) is 20.3. The van der Waals surface area contributed by atoms with E-state index in [1.807, 2.05) is 5.32 Å². The van der Waals surface area contributed by atoms with E-state index in [1.54, 1.807) is 58.0 Å². The van der Waals surface area contributed by atoms with Crippen molar-refractivity contribution in [2.45, 2.75) is 147 Å². The number of aliphatic carboxylic acids is 1. The quantitative estimate of drug-likeness (QED) is 0.0164. The van der Waals surface area contributed by atoms with Crippen molar-refractivity contribution in [2.75, 3.05) is 52.4 Å². The van der Waals surface area contributed by atoms with Crippen LogP contribution < -0.4 is 92.9 Å². The molecule has 0 saturated heterocycles. The van der Waals surface area contributed by atoms with Gasteiger partial charge in [-0.05, 0) is 75.8 Å². The molecule has 1 aromatic rings. The lowest BCUT2D eigenvalue weighted by Crippen LogP contribution is -2.59. The summed E-state index contributed by atoms with van der Waals surface area (Å²) < 4.78 is 0. The van der Waals surface area contributed by atoms with Crippen LogP contribution in [-0.4, -0.2) is 194 Å². The van der Waals surface area contributed by atoms with Gasteiger partial charge in [0.15, 0.2) is 11.9 Å². The maximum Gasteiger partial charge on any atom is 0.322 e. The average Bonchev–Trinajstić information content (AvgIpc) is 3.21. The fourth-order valence-electron chi connectivity index (χ4n) is 7.91. The van der Waals surface area contributed by atoms with Crippen LogP contribution in [0.2, 0.25) is 0 Å². The predicted octanol–water partition coefficient (Wildman–Crippen LogP) is -7.16. The third-order valence-corrected chi connectivity index (χ3v) is 13.2. The highest BCUT2D eigenvalue weighted by atomic mass is 16.4. The molecule has 10 atom stereocenters. The number of carbonyl (C=O) groups is 12. The fourth-order valence-corrected chi connectivity index (χ4v) is 7.91. The topological polar surface area (TPSA) is 558 Å². The second kappa shape index (κ2) is 41.3. The minimum atomic E-state index is -1.59. The molecule has 0 aliphatic carbocycles. The number of aliphatic hydroxyl groups excluding tert-OH is 1. The maximum absolute atomic E-state index is 14.1.